The van der Waals surface area contributed by atoms with Gasteiger partial charge in [-0.25, -0.2) is 19.6 Å². The molecule has 2 unspecified atom stereocenters. The van der Waals surface area contributed by atoms with Crippen molar-refractivity contribution in [1.82, 2.24) is 0 Å². The smallest absolute Gasteiger partial charge is 0.211 e. The number of carbonyl (C=O) groups excluding carboxylic acids is 2. The van der Waals surface area contributed by atoms with Crippen molar-refractivity contribution in [2.75, 3.05) is 6.54 Å². The molecule has 18 heavy (non-hydrogen) atoms. The van der Waals surface area contributed by atoms with E-state index in [9.17, 15) is 9.59 Å². The van der Waals surface area contributed by atoms with Crippen molar-refractivity contribution in [3.63, 3.8) is 0 Å². The van der Waals surface area contributed by atoms with Crippen LogP contribution in [0.3, 0.4) is 0 Å². The second-order valence-corrected chi connectivity index (χ2v) is 5.84. The molecule has 4 nitrogen and oxygen atoms in total. The minimum Gasteiger partial charge on any atom is -0.211 e. The first-order chi connectivity index (χ1) is 8.41. The Kier molecular flexibility index (Phi) is 6.75. The first-order valence-corrected chi connectivity index (χ1v) is 6.51. The van der Waals surface area contributed by atoms with Crippen molar-refractivity contribution in [3.8, 4) is 0 Å². The van der Waals surface area contributed by atoms with Crippen LogP contribution >= 0.6 is 0 Å². The topological polar surface area (TPSA) is 58.9 Å². The lowest BCUT2D eigenvalue weighted by atomic mass is 9.63. The molecule has 0 aromatic heterocycles. The van der Waals surface area contributed by atoms with Gasteiger partial charge in [0.2, 0.25) is 12.2 Å². The molecule has 1 aliphatic rings. The summed E-state index contributed by atoms with van der Waals surface area (Å²) in [6.45, 7) is 10.9. The van der Waals surface area contributed by atoms with Crippen LogP contribution in [0.25, 0.3) is 0 Å². The van der Waals surface area contributed by atoms with Gasteiger partial charge in [-0.15, -0.1) is 0 Å². The van der Waals surface area contributed by atoms with Gasteiger partial charge in [0.05, 0.1) is 12.6 Å². The van der Waals surface area contributed by atoms with E-state index >= 15 is 0 Å². The molecule has 1 aliphatic carbocycles. The second kappa shape index (κ2) is 7.25. The summed E-state index contributed by atoms with van der Waals surface area (Å²) >= 11 is 0. The Balaban J connectivity index is 0.00000137. The van der Waals surface area contributed by atoms with E-state index in [4.69, 9.17) is 0 Å². The first kappa shape index (κ1) is 16.8. The van der Waals surface area contributed by atoms with E-state index in [1.54, 1.807) is 12.2 Å². The van der Waals surface area contributed by atoms with Crippen LogP contribution in [0.2, 0.25) is 0 Å². The number of nitrogens with zero attached hydrogens (tertiary/aromatic N) is 2. The fraction of sp³-hybridized carbons (Fsp3) is 0.857. The van der Waals surface area contributed by atoms with Crippen molar-refractivity contribution >= 4 is 12.2 Å². The molecule has 4 heteroatoms. The Bertz CT molecular complexity index is 353. The predicted octanol–water partition coefficient (Wildman–Crippen LogP) is 3.27. The summed E-state index contributed by atoms with van der Waals surface area (Å²) in [7, 11) is 0. The monoisotopic (exact) mass is 252 g/mol. The molecule has 0 radical (unpaired) electrons. The Labute approximate surface area is 110 Å². The highest BCUT2D eigenvalue weighted by Gasteiger charge is 2.41. The molecule has 1 saturated carbocycles. The Morgan fingerprint density at radius 3 is 2.22 bits per heavy atom. The van der Waals surface area contributed by atoms with Crippen LogP contribution in [0.15, 0.2) is 9.98 Å². The van der Waals surface area contributed by atoms with Gasteiger partial charge in [0, 0.05) is 0 Å². The predicted molar refractivity (Wildman–Crippen MR) is 72.0 cm³/mol. The molecule has 1 rings (SSSR count). The zero-order valence-electron chi connectivity index (χ0n) is 12.1. The van der Waals surface area contributed by atoms with Crippen molar-refractivity contribution in [3.05, 3.63) is 0 Å². The SMILES string of the molecule is CC.CC1(C)CC(N=C=O)CC(C)(CN=C=O)C1. The molecule has 102 valence electrons. The maximum absolute atomic E-state index is 10.3. The van der Waals surface area contributed by atoms with E-state index in [1.807, 2.05) is 13.8 Å². The zero-order valence-corrected chi connectivity index (χ0v) is 12.1. The van der Waals surface area contributed by atoms with Crippen molar-refractivity contribution in [2.45, 2.75) is 59.9 Å². The lowest BCUT2D eigenvalue weighted by Crippen LogP contribution is -2.39. The first-order valence-electron chi connectivity index (χ1n) is 6.51. The standard InChI is InChI=1S/C12H18N2O2.C2H6/c1-11(2)4-10(14-9-16)5-12(3,6-11)7-13-8-15;1-2/h10H,4-7H2,1-3H3;1-2H3. The number of hydrogen-bond donors (Lipinski definition) is 0. The third-order valence-electron chi connectivity index (χ3n) is 3.18. The summed E-state index contributed by atoms with van der Waals surface area (Å²) in [5.74, 6) is 0. The average Bonchev–Trinajstić information content (AvgIpc) is 2.27. The maximum Gasteiger partial charge on any atom is 0.235 e. The molecule has 0 saturated heterocycles. The summed E-state index contributed by atoms with van der Waals surface area (Å²) in [5.41, 5.74) is 0.0561. The van der Waals surface area contributed by atoms with Gasteiger partial charge in [-0.2, -0.15) is 0 Å². The minimum absolute atomic E-state index is 0.00750. The molecule has 0 heterocycles. The van der Waals surface area contributed by atoms with E-state index in [2.05, 4.69) is 30.8 Å². The van der Waals surface area contributed by atoms with E-state index in [-0.39, 0.29) is 16.9 Å². The summed E-state index contributed by atoms with van der Waals surface area (Å²) < 4.78 is 0. The molecule has 0 N–H and O–H groups in total. The van der Waals surface area contributed by atoms with Gasteiger partial charge < -0.3 is 0 Å². The molecule has 0 aliphatic heterocycles. The lowest BCUT2D eigenvalue weighted by Gasteiger charge is -2.44. The minimum atomic E-state index is -0.0653. The van der Waals surface area contributed by atoms with Gasteiger partial charge >= 0.3 is 0 Å². The van der Waals surface area contributed by atoms with E-state index in [0.717, 1.165) is 19.3 Å². The summed E-state index contributed by atoms with van der Waals surface area (Å²) in [5, 5.41) is 0. The zero-order chi connectivity index (χ0) is 14.2. The fourth-order valence-electron chi connectivity index (χ4n) is 3.09. The average molecular weight is 252 g/mol. The van der Waals surface area contributed by atoms with Gasteiger partial charge in [0.15, 0.2) is 0 Å². The third kappa shape index (κ3) is 5.39. The van der Waals surface area contributed by atoms with E-state index in [1.165, 1.54) is 0 Å². The van der Waals surface area contributed by atoms with E-state index < -0.39 is 0 Å². The maximum atomic E-state index is 10.3. The summed E-state index contributed by atoms with van der Waals surface area (Å²) in [4.78, 5) is 28.0. The number of hydrogen-bond acceptors (Lipinski definition) is 4. The molecule has 0 bridgehead atoms. The molecule has 0 aromatic carbocycles. The van der Waals surface area contributed by atoms with E-state index in [0.29, 0.717) is 6.54 Å². The molecule has 0 spiro atoms. The van der Waals surface area contributed by atoms with Crippen LogP contribution in [0, 0.1) is 10.8 Å². The molecule has 2 atom stereocenters. The van der Waals surface area contributed by atoms with Crippen LogP contribution in [0.1, 0.15) is 53.9 Å². The number of isocyanates is 2. The molecule has 0 amide bonds. The highest BCUT2D eigenvalue weighted by molar-refractivity contribution is 5.34. The molecular weight excluding hydrogens is 228 g/mol. The Hall–Kier alpha value is -1.24. The van der Waals surface area contributed by atoms with Gasteiger partial charge in [0.25, 0.3) is 0 Å². The Morgan fingerprint density at radius 1 is 1.11 bits per heavy atom. The quantitative estimate of drug-likeness (QED) is 0.571. The van der Waals surface area contributed by atoms with Gasteiger partial charge in [0.1, 0.15) is 0 Å². The molecular formula is C14H24N2O2. The largest absolute Gasteiger partial charge is 0.235 e. The summed E-state index contributed by atoms with van der Waals surface area (Å²) in [6.07, 6.45) is 5.88. The number of aliphatic imine (C=N–C) groups is 2. The van der Waals surface area contributed by atoms with Crippen LogP contribution in [-0.4, -0.2) is 24.7 Å². The van der Waals surface area contributed by atoms with Crippen molar-refractivity contribution in [2.24, 2.45) is 20.8 Å². The van der Waals surface area contributed by atoms with Crippen molar-refractivity contribution < 1.29 is 9.59 Å². The Morgan fingerprint density at radius 2 is 1.72 bits per heavy atom. The lowest BCUT2D eigenvalue weighted by molar-refractivity contribution is 0.0915. The third-order valence-corrected chi connectivity index (χ3v) is 3.18. The second-order valence-electron chi connectivity index (χ2n) is 5.84. The van der Waals surface area contributed by atoms with Crippen LogP contribution in [0.4, 0.5) is 0 Å². The van der Waals surface area contributed by atoms with Crippen molar-refractivity contribution in [1.29, 1.82) is 0 Å². The van der Waals surface area contributed by atoms with Crippen LogP contribution < -0.4 is 0 Å². The normalized spacial score (nSPS) is 29.1. The van der Waals surface area contributed by atoms with Gasteiger partial charge in [-0.3, -0.25) is 0 Å². The van der Waals surface area contributed by atoms with Crippen LogP contribution in [0.5, 0.6) is 0 Å². The van der Waals surface area contributed by atoms with Gasteiger partial charge in [-0.1, -0.05) is 34.6 Å². The molecule has 1 fully saturated rings. The molecule has 0 aromatic rings. The summed E-state index contributed by atoms with van der Waals surface area (Å²) in [6, 6.07) is 0.00750. The van der Waals surface area contributed by atoms with Gasteiger partial charge in [-0.05, 0) is 30.1 Å². The highest BCUT2D eigenvalue weighted by atomic mass is 16.1. The van der Waals surface area contributed by atoms with Crippen LogP contribution in [-0.2, 0) is 9.59 Å². The fourth-order valence-corrected chi connectivity index (χ4v) is 3.09. The highest BCUT2D eigenvalue weighted by Crippen LogP contribution is 2.47. The number of rotatable bonds is 3.